The van der Waals surface area contributed by atoms with Crippen LogP contribution in [0.3, 0.4) is 0 Å². The van der Waals surface area contributed by atoms with E-state index >= 15 is 0 Å². The number of aliphatic hydroxyl groups excluding tert-OH is 1. The van der Waals surface area contributed by atoms with Gasteiger partial charge in [0.1, 0.15) is 6.10 Å². The number of carbonyl (C=O) groups excluding carboxylic acids is 1. The van der Waals surface area contributed by atoms with Gasteiger partial charge in [0, 0.05) is 0 Å². The van der Waals surface area contributed by atoms with Crippen LogP contribution < -0.4 is 0 Å². The maximum Gasteiger partial charge on any atom is 0.338 e. The molecule has 0 bridgehead atoms. The highest BCUT2D eigenvalue weighted by atomic mass is 16.5. The first kappa shape index (κ1) is 27.2. The van der Waals surface area contributed by atoms with Crippen molar-refractivity contribution in [2.75, 3.05) is 0 Å². The van der Waals surface area contributed by atoms with Crippen molar-refractivity contribution in [1.82, 2.24) is 0 Å². The highest BCUT2D eigenvalue weighted by Gasteiger charge is 2.63. The predicted octanol–water partition coefficient (Wildman–Crippen LogP) is 8.30. The Morgan fingerprint density at radius 1 is 0.973 bits per heavy atom. The van der Waals surface area contributed by atoms with Crippen molar-refractivity contribution in [3.8, 4) is 0 Å². The van der Waals surface area contributed by atoms with E-state index in [-0.39, 0.29) is 29.0 Å². The molecule has 4 aliphatic rings. The molecule has 4 aliphatic carbocycles. The van der Waals surface area contributed by atoms with Gasteiger partial charge in [0.15, 0.2) is 0 Å². The van der Waals surface area contributed by atoms with E-state index in [1.165, 1.54) is 44.9 Å². The van der Waals surface area contributed by atoms with E-state index < -0.39 is 0 Å². The van der Waals surface area contributed by atoms with Crippen LogP contribution in [-0.2, 0) is 4.74 Å². The fourth-order valence-corrected chi connectivity index (χ4v) is 10.1. The summed E-state index contributed by atoms with van der Waals surface area (Å²) in [5, 5.41) is 11.8. The summed E-state index contributed by atoms with van der Waals surface area (Å²) in [5.74, 6) is 4.62. The van der Waals surface area contributed by atoms with Crippen molar-refractivity contribution in [1.29, 1.82) is 0 Å². The fraction of sp³-hybridized carbons (Fsp3) is 0.794. The van der Waals surface area contributed by atoms with E-state index in [9.17, 15) is 9.90 Å². The molecule has 4 saturated carbocycles. The normalized spacial score (nSPS) is 42.0. The minimum absolute atomic E-state index is 0.0312. The summed E-state index contributed by atoms with van der Waals surface area (Å²) in [4.78, 5) is 12.7. The maximum atomic E-state index is 12.7. The van der Waals surface area contributed by atoms with Crippen molar-refractivity contribution in [2.24, 2.45) is 52.3 Å². The number of carbonyl (C=O) groups is 1. The third kappa shape index (κ3) is 4.92. The largest absolute Gasteiger partial charge is 0.459 e. The Labute approximate surface area is 226 Å². The topological polar surface area (TPSA) is 46.5 Å². The van der Waals surface area contributed by atoms with Gasteiger partial charge in [-0.1, -0.05) is 72.1 Å². The van der Waals surface area contributed by atoms with Crippen LogP contribution in [0.5, 0.6) is 0 Å². The van der Waals surface area contributed by atoms with Crippen molar-refractivity contribution >= 4 is 5.97 Å². The number of fused-ring (bicyclic) bond motifs is 5. The second kappa shape index (κ2) is 10.7. The smallest absolute Gasteiger partial charge is 0.338 e. The van der Waals surface area contributed by atoms with Gasteiger partial charge in [-0.2, -0.15) is 0 Å². The first-order valence-electron chi connectivity index (χ1n) is 15.6. The molecule has 0 saturated heterocycles. The SMILES string of the molecule is CC(C)CCC[C@@H](C)[C@H]1CCC2C3CC[C@@H]4C[C@H](OC(=O)c5ccccc5)CC[C@]4(C)C3C[C@H](O)[C@@]21C. The third-order valence-corrected chi connectivity index (χ3v) is 12.2. The van der Waals surface area contributed by atoms with E-state index in [2.05, 4.69) is 34.6 Å². The van der Waals surface area contributed by atoms with Crippen LogP contribution in [0.4, 0.5) is 0 Å². The Hall–Kier alpha value is -1.35. The molecule has 0 amide bonds. The van der Waals surface area contributed by atoms with E-state index in [0.29, 0.717) is 35.2 Å². The lowest BCUT2D eigenvalue weighted by Crippen LogP contribution is -2.59. The van der Waals surface area contributed by atoms with E-state index in [1.807, 2.05) is 30.3 Å². The van der Waals surface area contributed by atoms with Crippen LogP contribution in [0, 0.1) is 52.3 Å². The van der Waals surface area contributed by atoms with Gasteiger partial charge in [0.2, 0.25) is 0 Å². The minimum atomic E-state index is -0.178. The van der Waals surface area contributed by atoms with Gasteiger partial charge < -0.3 is 9.84 Å². The molecule has 37 heavy (non-hydrogen) atoms. The fourth-order valence-electron chi connectivity index (χ4n) is 10.1. The zero-order chi connectivity index (χ0) is 26.4. The van der Waals surface area contributed by atoms with Crippen molar-refractivity contribution in [3.05, 3.63) is 35.9 Å². The maximum absolute atomic E-state index is 12.7. The molecule has 10 atom stereocenters. The standard InChI is InChI=1S/C34H52O3/c1-22(2)10-9-11-23(3)28-16-17-29-27-15-14-25-20-26(37-32(36)24-12-7-6-8-13-24)18-19-33(25,4)30(27)21-31(35)34(28,29)5/h6-8,12-13,22-23,25-31,35H,9-11,14-21H2,1-5H3/t23-,25-,26-,27?,28-,29?,30?,31+,33+,34-/m1/s1. The Morgan fingerprint density at radius 2 is 1.73 bits per heavy atom. The number of hydrogen-bond donors (Lipinski definition) is 1. The number of benzene rings is 1. The van der Waals surface area contributed by atoms with Gasteiger partial charge in [-0.25, -0.2) is 4.79 Å². The van der Waals surface area contributed by atoms with E-state index in [0.717, 1.165) is 37.5 Å². The highest BCUT2D eigenvalue weighted by Crippen LogP contribution is 2.68. The second-order valence-electron chi connectivity index (χ2n) is 14.4. The first-order chi connectivity index (χ1) is 17.6. The van der Waals surface area contributed by atoms with Gasteiger partial charge in [-0.15, -0.1) is 0 Å². The molecule has 5 rings (SSSR count). The van der Waals surface area contributed by atoms with Crippen LogP contribution in [0.25, 0.3) is 0 Å². The number of esters is 1. The Morgan fingerprint density at radius 3 is 2.46 bits per heavy atom. The Bertz CT molecular complexity index is 926. The quantitative estimate of drug-likeness (QED) is 0.377. The lowest BCUT2D eigenvalue weighted by Gasteiger charge is -2.62. The Kier molecular flexibility index (Phi) is 7.85. The zero-order valence-electron chi connectivity index (χ0n) is 24.1. The molecule has 0 radical (unpaired) electrons. The summed E-state index contributed by atoms with van der Waals surface area (Å²) in [5.41, 5.74) is 1.01. The summed E-state index contributed by atoms with van der Waals surface area (Å²) >= 11 is 0. The molecule has 1 N–H and O–H groups in total. The van der Waals surface area contributed by atoms with Gasteiger partial charge in [-0.05, 0) is 116 Å². The van der Waals surface area contributed by atoms with E-state index in [1.54, 1.807) is 0 Å². The van der Waals surface area contributed by atoms with Gasteiger partial charge in [-0.3, -0.25) is 0 Å². The molecule has 3 heteroatoms. The molecule has 0 heterocycles. The van der Waals surface area contributed by atoms with Gasteiger partial charge in [0.25, 0.3) is 0 Å². The van der Waals surface area contributed by atoms with Crippen molar-refractivity contribution < 1.29 is 14.6 Å². The van der Waals surface area contributed by atoms with Crippen LogP contribution in [0.2, 0.25) is 0 Å². The summed E-state index contributed by atoms with van der Waals surface area (Å²) in [6.07, 6.45) is 13.0. The number of hydrogen-bond acceptors (Lipinski definition) is 3. The van der Waals surface area contributed by atoms with Crippen LogP contribution in [-0.4, -0.2) is 23.3 Å². The molecule has 206 valence electrons. The van der Waals surface area contributed by atoms with Crippen LogP contribution >= 0.6 is 0 Å². The highest BCUT2D eigenvalue weighted by molar-refractivity contribution is 5.89. The molecule has 1 aromatic carbocycles. The van der Waals surface area contributed by atoms with E-state index in [4.69, 9.17) is 4.74 Å². The molecule has 0 aromatic heterocycles. The number of rotatable bonds is 7. The number of ether oxygens (including phenoxy) is 1. The molecule has 0 aliphatic heterocycles. The third-order valence-electron chi connectivity index (χ3n) is 12.2. The van der Waals surface area contributed by atoms with Crippen LogP contribution in [0.15, 0.2) is 30.3 Å². The molecule has 3 nitrogen and oxygen atoms in total. The second-order valence-corrected chi connectivity index (χ2v) is 14.4. The van der Waals surface area contributed by atoms with Gasteiger partial charge in [0.05, 0.1) is 11.7 Å². The lowest BCUT2D eigenvalue weighted by atomic mass is 9.43. The molecule has 4 fully saturated rings. The Balaban J connectivity index is 1.26. The summed E-state index contributed by atoms with van der Waals surface area (Å²) in [7, 11) is 0. The predicted molar refractivity (Wildman–Crippen MR) is 150 cm³/mol. The minimum Gasteiger partial charge on any atom is -0.459 e. The molecule has 0 spiro atoms. The average Bonchev–Trinajstić information content (AvgIpc) is 3.24. The molecular formula is C34H52O3. The summed E-state index contributed by atoms with van der Waals surface area (Å²) in [6.45, 7) is 12.2. The monoisotopic (exact) mass is 508 g/mol. The molecule has 1 aromatic rings. The van der Waals surface area contributed by atoms with Crippen molar-refractivity contribution in [2.45, 2.75) is 117 Å². The van der Waals surface area contributed by atoms with Crippen LogP contribution in [0.1, 0.15) is 116 Å². The summed E-state index contributed by atoms with van der Waals surface area (Å²) < 4.78 is 6.01. The average molecular weight is 509 g/mol. The van der Waals surface area contributed by atoms with Crippen molar-refractivity contribution in [3.63, 3.8) is 0 Å². The summed E-state index contributed by atoms with van der Waals surface area (Å²) in [6, 6.07) is 9.43. The molecular weight excluding hydrogens is 456 g/mol. The van der Waals surface area contributed by atoms with Gasteiger partial charge >= 0.3 is 5.97 Å². The number of aliphatic hydroxyl groups is 1. The first-order valence-corrected chi connectivity index (χ1v) is 15.6. The molecule has 3 unspecified atom stereocenters. The lowest BCUT2D eigenvalue weighted by molar-refractivity contribution is -0.175. The zero-order valence-corrected chi connectivity index (χ0v) is 24.1.